The molecule has 0 spiro atoms. The first-order valence-electron chi connectivity index (χ1n) is 10.4. The van der Waals surface area contributed by atoms with Crippen LogP contribution in [0.3, 0.4) is 0 Å². The molecule has 1 aliphatic carbocycles. The molecule has 0 unspecified atom stereocenters. The summed E-state index contributed by atoms with van der Waals surface area (Å²) < 4.78 is 55.4. The third-order valence-electron chi connectivity index (χ3n) is 6.22. The molecule has 1 N–H and O–H groups in total. The molecule has 0 radical (unpaired) electrons. The molecule has 0 bridgehead atoms. The second-order valence-electron chi connectivity index (χ2n) is 7.96. The van der Waals surface area contributed by atoms with Crippen molar-refractivity contribution < 1.29 is 17.2 Å². The summed E-state index contributed by atoms with van der Waals surface area (Å²) in [7, 11) is -3.63. The molecule has 158 valence electrons. The first-order valence-corrected chi connectivity index (χ1v) is 11.9. The maximum atomic E-state index is 13.9. The van der Waals surface area contributed by atoms with E-state index in [4.69, 9.17) is 0 Å². The lowest BCUT2D eigenvalue weighted by atomic mass is 9.76. The Kier molecular flexibility index (Phi) is 7.06. The quantitative estimate of drug-likeness (QED) is 0.604. The maximum Gasteiger partial charge on any atom is 0.240 e. The average molecular weight is 422 g/mol. The van der Waals surface area contributed by atoms with Crippen LogP contribution in [0.4, 0.5) is 8.78 Å². The van der Waals surface area contributed by atoms with Crippen LogP contribution in [0.25, 0.3) is 11.1 Å². The van der Waals surface area contributed by atoms with Gasteiger partial charge in [0.25, 0.3) is 0 Å². The lowest BCUT2D eigenvalue weighted by Crippen LogP contribution is -2.38. The van der Waals surface area contributed by atoms with Crippen LogP contribution in [0.2, 0.25) is 0 Å². The zero-order chi connectivity index (χ0) is 21.0. The molecular formula is C23H29F2NO2S. The molecular weight excluding hydrogens is 392 g/mol. The third kappa shape index (κ3) is 5.23. The highest BCUT2D eigenvalue weighted by atomic mass is 32.2. The molecule has 1 aliphatic rings. The summed E-state index contributed by atoms with van der Waals surface area (Å²) in [6, 6.07) is 9.35. The Labute approximate surface area is 172 Å². The van der Waals surface area contributed by atoms with Crippen molar-refractivity contribution in [3.05, 3.63) is 54.1 Å². The summed E-state index contributed by atoms with van der Waals surface area (Å²) in [5, 5.41) is 0. The Bertz CT molecular complexity index is 916. The van der Waals surface area contributed by atoms with Gasteiger partial charge in [0.15, 0.2) is 0 Å². The van der Waals surface area contributed by atoms with Crippen molar-refractivity contribution >= 4 is 10.0 Å². The molecule has 6 heteroatoms. The third-order valence-corrected chi connectivity index (χ3v) is 7.75. The summed E-state index contributed by atoms with van der Waals surface area (Å²) in [5.41, 5.74) is 0.746. The topological polar surface area (TPSA) is 46.2 Å². The summed E-state index contributed by atoms with van der Waals surface area (Å²) in [5.74, 6) is 0.101. The zero-order valence-corrected chi connectivity index (χ0v) is 17.8. The van der Waals surface area contributed by atoms with E-state index in [1.54, 1.807) is 12.1 Å². The van der Waals surface area contributed by atoms with E-state index in [1.807, 2.05) is 0 Å². The van der Waals surface area contributed by atoms with Gasteiger partial charge >= 0.3 is 0 Å². The van der Waals surface area contributed by atoms with Crippen LogP contribution in [0.1, 0.15) is 52.4 Å². The van der Waals surface area contributed by atoms with E-state index >= 15 is 0 Å². The number of benzene rings is 2. The first-order chi connectivity index (χ1) is 13.8. The van der Waals surface area contributed by atoms with E-state index in [1.165, 1.54) is 37.1 Å². The smallest absolute Gasteiger partial charge is 0.208 e. The number of halogens is 2. The van der Waals surface area contributed by atoms with Gasteiger partial charge in [0, 0.05) is 17.7 Å². The highest BCUT2D eigenvalue weighted by Gasteiger charge is 2.28. The SMILES string of the molecule is CCC(CC)C1CCC(NS(=O)(=O)c2ccc(-c3ccc(F)cc3F)cc2)CC1. The fraction of sp³-hybridized carbons (Fsp3) is 0.478. The lowest BCUT2D eigenvalue weighted by Gasteiger charge is -2.33. The zero-order valence-electron chi connectivity index (χ0n) is 17.0. The number of nitrogens with one attached hydrogen (secondary N) is 1. The van der Waals surface area contributed by atoms with Gasteiger partial charge in [-0.2, -0.15) is 0 Å². The number of sulfonamides is 1. The molecule has 1 fully saturated rings. The molecule has 3 rings (SSSR count). The van der Waals surface area contributed by atoms with Crippen molar-refractivity contribution in [1.29, 1.82) is 0 Å². The Morgan fingerprint density at radius 2 is 1.59 bits per heavy atom. The van der Waals surface area contributed by atoms with Gasteiger partial charge in [0.1, 0.15) is 11.6 Å². The minimum Gasteiger partial charge on any atom is -0.208 e. The van der Waals surface area contributed by atoms with Crippen molar-refractivity contribution in [3.63, 3.8) is 0 Å². The van der Waals surface area contributed by atoms with Crippen molar-refractivity contribution in [2.24, 2.45) is 11.8 Å². The molecule has 0 heterocycles. The fourth-order valence-electron chi connectivity index (χ4n) is 4.49. The minimum absolute atomic E-state index is 0.0418. The van der Waals surface area contributed by atoms with Crippen molar-refractivity contribution in [2.75, 3.05) is 0 Å². The van der Waals surface area contributed by atoms with Gasteiger partial charge < -0.3 is 0 Å². The van der Waals surface area contributed by atoms with Crippen LogP contribution in [0, 0.1) is 23.5 Å². The molecule has 0 atom stereocenters. The molecule has 0 amide bonds. The number of hydrogen-bond acceptors (Lipinski definition) is 2. The number of rotatable bonds is 7. The van der Waals surface area contributed by atoms with E-state index in [2.05, 4.69) is 18.6 Å². The molecule has 0 saturated heterocycles. The van der Waals surface area contributed by atoms with Gasteiger partial charge in [-0.05, 0) is 67.3 Å². The van der Waals surface area contributed by atoms with E-state index in [9.17, 15) is 17.2 Å². The van der Waals surface area contributed by atoms with Gasteiger partial charge in [-0.15, -0.1) is 0 Å². The van der Waals surface area contributed by atoms with E-state index in [0.717, 1.165) is 37.7 Å². The van der Waals surface area contributed by atoms with Crippen molar-refractivity contribution in [1.82, 2.24) is 4.72 Å². The first kappa shape index (κ1) is 21.9. The number of hydrogen-bond donors (Lipinski definition) is 1. The summed E-state index contributed by atoms with van der Waals surface area (Å²) >= 11 is 0. The molecule has 3 nitrogen and oxygen atoms in total. The summed E-state index contributed by atoms with van der Waals surface area (Å²) in [6.07, 6.45) is 6.19. The minimum atomic E-state index is -3.63. The second-order valence-corrected chi connectivity index (χ2v) is 9.67. The Balaban J connectivity index is 1.66. The Morgan fingerprint density at radius 3 is 2.14 bits per heavy atom. The van der Waals surface area contributed by atoms with Gasteiger partial charge in [-0.3, -0.25) is 0 Å². The molecule has 29 heavy (non-hydrogen) atoms. The van der Waals surface area contributed by atoms with Crippen molar-refractivity contribution in [3.8, 4) is 11.1 Å². The highest BCUT2D eigenvalue weighted by molar-refractivity contribution is 7.89. The average Bonchev–Trinajstić information content (AvgIpc) is 2.70. The van der Waals surface area contributed by atoms with Gasteiger partial charge in [-0.25, -0.2) is 21.9 Å². The molecule has 2 aromatic rings. The van der Waals surface area contributed by atoms with Gasteiger partial charge in [-0.1, -0.05) is 38.8 Å². The fourth-order valence-corrected chi connectivity index (χ4v) is 5.79. The van der Waals surface area contributed by atoms with Crippen molar-refractivity contribution in [2.45, 2.75) is 63.3 Å². The van der Waals surface area contributed by atoms with Crippen LogP contribution in [0.5, 0.6) is 0 Å². The molecule has 0 aliphatic heterocycles. The Hall–Kier alpha value is -1.79. The van der Waals surface area contributed by atoms with Crippen LogP contribution in [0.15, 0.2) is 47.4 Å². The summed E-state index contributed by atoms with van der Waals surface area (Å²) in [6.45, 7) is 4.45. The standard InChI is InChI=1S/C23H29F2NO2S/c1-3-16(4-2)17-5-10-20(11-6-17)26-29(27,28)21-12-7-18(8-13-21)22-14-9-19(24)15-23(22)25/h7-9,12-17,20,26H,3-6,10-11H2,1-2H3. The largest absolute Gasteiger partial charge is 0.240 e. The van der Waals surface area contributed by atoms with E-state index in [-0.39, 0.29) is 16.5 Å². The van der Waals surface area contributed by atoms with Crippen LogP contribution < -0.4 is 4.72 Å². The van der Waals surface area contributed by atoms with Gasteiger partial charge in [0.05, 0.1) is 4.90 Å². The Morgan fingerprint density at radius 1 is 0.966 bits per heavy atom. The predicted molar refractivity (Wildman–Crippen MR) is 112 cm³/mol. The van der Waals surface area contributed by atoms with Crippen LogP contribution in [-0.4, -0.2) is 14.5 Å². The monoisotopic (exact) mass is 421 g/mol. The van der Waals surface area contributed by atoms with Crippen LogP contribution >= 0.6 is 0 Å². The van der Waals surface area contributed by atoms with Gasteiger partial charge in [0.2, 0.25) is 10.0 Å². The van der Waals surface area contributed by atoms with E-state index in [0.29, 0.717) is 11.5 Å². The van der Waals surface area contributed by atoms with Crippen LogP contribution in [-0.2, 0) is 10.0 Å². The maximum absolute atomic E-state index is 13.9. The molecule has 1 saturated carbocycles. The summed E-state index contributed by atoms with van der Waals surface area (Å²) in [4.78, 5) is 0.158. The second kappa shape index (κ2) is 9.35. The lowest BCUT2D eigenvalue weighted by molar-refractivity contribution is 0.216. The highest BCUT2D eigenvalue weighted by Crippen LogP contribution is 2.34. The molecule has 0 aromatic heterocycles. The normalized spacial score (nSPS) is 20.2. The molecule has 2 aromatic carbocycles. The van der Waals surface area contributed by atoms with E-state index < -0.39 is 21.7 Å². The predicted octanol–water partition coefficient (Wildman–Crippen LogP) is 5.91.